The lowest BCUT2D eigenvalue weighted by Crippen LogP contribution is -2.17. The number of fused-ring (bicyclic) bond motifs is 2. The molecule has 8 heterocycles. The number of phenolic OH excluding ortho intramolecular Hbond substituents is 8. The minimum Gasteiger partial charge on any atom is -0.508 e. The fourth-order valence-electron chi connectivity index (χ4n) is 15.7. The number of carbonyl (C=O) groups is 2. The third-order valence-electron chi connectivity index (χ3n) is 24.4. The number of aryl methyl sites for hydroxylation is 3. The molecule has 8 aromatic carbocycles. The lowest BCUT2D eigenvalue weighted by Gasteiger charge is -2.19. The maximum Gasteiger partial charge on any atom is 0.286 e. The number of nitrogens with one attached hydrogen (secondary N) is 1. The normalized spacial score (nSPS) is 12.1. The second-order valence-corrected chi connectivity index (χ2v) is 38.0. The maximum absolute atomic E-state index is 14.2. The number of aliphatic imine (C=N–C) groups is 2. The number of amides is 1. The van der Waals surface area contributed by atoms with Gasteiger partial charge in [0.25, 0.3) is 17.0 Å². The maximum atomic E-state index is 14.2. The molecule has 14 aromatic rings. The summed E-state index contributed by atoms with van der Waals surface area (Å²) in [7, 11) is 6.70. The van der Waals surface area contributed by atoms with Crippen LogP contribution in [0.2, 0.25) is 0 Å². The van der Waals surface area contributed by atoms with Crippen molar-refractivity contribution in [3.63, 3.8) is 0 Å². The third-order valence-corrected chi connectivity index (χ3v) is 24.4. The predicted octanol–water partition coefficient (Wildman–Crippen LogP) is 27.9. The van der Waals surface area contributed by atoms with Crippen LogP contribution >= 0.6 is 0 Å². The second kappa shape index (κ2) is 51.5. The molecule has 2 aliphatic heterocycles. The molecule has 16 rings (SSSR count). The number of benzene rings is 8. The van der Waals surface area contributed by atoms with Gasteiger partial charge in [-0.05, 0) is 255 Å². The largest absolute Gasteiger partial charge is 0.508 e. The van der Waals surface area contributed by atoms with Crippen molar-refractivity contribution < 1.29 is 81.6 Å². The summed E-state index contributed by atoms with van der Waals surface area (Å²) in [5, 5.41) is 83.6. The fraction of sp³-hybridized carbons (Fsp3) is 0.294. The predicted molar refractivity (Wildman–Crippen MR) is 580 cm³/mol. The van der Waals surface area contributed by atoms with Crippen molar-refractivity contribution in [3.05, 3.63) is 348 Å². The van der Waals surface area contributed by atoms with Crippen LogP contribution < -0.4 is 21.2 Å². The molecule has 9 N–H and O–H groups in total. The first-order valence-corrected chi connectivity index (χ1v) is 48.7. The number of carbonyl (C=O) groups excluding carboxylic acids is 2. The first-order valence-electron chi connectivity index (χ1n) is 48.7. The van der Waals surface area contributed by atoms with Gasteiger partial charge in [0.1, 0.15) is 68.8 Å². The molecule has 0 aliphatic carbocycles. The van der Waals surface area contributed by atoms with Crippen LogP contribution in [0.3, 0.4) is 0 Å². The zero-order valence-corrected chi connectivity index (χ0v) is 88.0. The minimum absolute atomic E-state index is 0.0209. The van der Waals surface area contributed by atoms with Crippen LogP contribution in [0.25, 0.3) is 77.8 Å². The highest BCUT2D eigenvalue weighted by Crippen LogP contribution is 2.41. The van der Waals surface area contributed by atoms with Gasteiger partial charge in [0.2, 0.25) is 17.8 Å². The van der Waals surface area contributed by atoms with E-state index in [9.17, 15) is 77.6 Å². The summed E-state index contributed by atoms with van der Waals surface area (Å²) < 4.78 is 73.9. The molecule has 2 aliphatic rings. The topological polar surface area (TPSA) is 344 Å². The summed E-state index contributed by atoms with van der Waals surface area (Å²) in [5.41, 5.74) is 17.4. The number of hydrogen-bond acceptors (Lipinski definition) is 21. The van der Waals surface area contributed by atoms with Crippen molar-refractivity contribution in [3.8, 4) is 96.4 Å². The van der Waals surface area contributed by atoms with Gasteiger partial charge >= 0.3 is 0 Å². The van der Waals surface area contributed by atoms with E-state index in [1.807, 2.05) is 203 Å². The van der Waals surface area contributed by atoms with Crippen LogP contribution in [0.4, 0.5) is 17.6 Å². The van der Waals surface area contributed by atoms with Crippen molar-refractivity contribution in [1.82, 2.24) is 34.2 Å². The Balaban J connectivity index is 0.000000187. The van der Waals surface area contributed by atoms with Gasteiger partial charge in [-0.3, -0.25) is 19.2 Å². The van der Waals surface area contributed by atoms with E-state index in [1.165, 1.54) is 54.1 Å². The monoisotopic (exact) mass is 2010 g/mol. The highest BCUT2D eigenvalue weighted by atomic mass is 19.1. The summed E-state index contributed by atoms with van der Waals surface area (Å²) in [6.07, 6.45) is 10.7. The number of halogens is 4. The minimum atomic E-state index is -0.609. The first kappa shape index (κ1) is 115. The Kier molecular flexibility index (Phi) is 40.1. The van der Waals surface area contributed by atoms with Gasteiger partial charge in [-0.1, -0.05) is 179 Å². The first-order chi connectivity index (χ1) is 69.4. The number of hydrogen-bond donors (Lipinski definition) is 9. The fourth-order valence-corrected chi connectivity index (χ4v) is 15.7. The summed E-state index contributed by atoms with van der Waals surface area (Å²) in [5.74, 6) is 1.88. The molecule has 0 bridgehead atoms. The molecule has 1 amide bonds. The molecular formula is C119H135F4N9O15. The van der Waals surface area contributed by atoms with E-state index in [1.54, 1.807) is 134 Å². The smallest absolute Gasteiger partial charge is 0.286 e. The van der Waals surface area contributed by atoms with Crippen molar-refractivity contribution in [1.29, 1.82) is 0 Å². The van der Waals surface area contributed by atoms with Crippen LogP contribution in [-0.2, 0) is 13.1 Å². The van der Waals surface area contributed by atoms with E-state index in [2.05, 4.69) is 52.3 Å². The Bertz CT molecular complexity index is 7230. The molecule has 0 saturated carbocycles. The standard InChI is InChI=1S/C16H18FNO2.C16H19NO2.C15H17FN2O.C15H16FNO2.C15H16FNO.C15H18N2O.C14H16O3.C13H15NO3/c1-4-18-6-5-11(7-16(18)20)13-9-15(19)12(10(2)3)8-14(13)17;1-4-17-8-7-13(10-16(17)19)12-5-6-14(11(2)3)15(18)9-12;1-9(2)11-6-13(16)12(7-15(11)19)14-5-10(3)18(4)8-17-14;1-9(2)12-5-4-10(6-13(12)18)11-7-14(16)17-15(8-11)19-3;1-9(2)13-5-4-11(7-14(13)18)12-6-10(3)17-15(16)8-12;1-10(2)13-6-5-12(8-15(13)18)14-7-11(3)17(4)9-16-14;1-4-11(15)14-6-9-5-12(16)10(8(2)3)7-13(9)17-14;1-7(2)9-4-8-5-12(13(16)14-3)17-11(8)6-10(9)15/h5-10,19H,4H2,1-3H3;5-11,18H,4H2,1-3H3;5-9,19H,3H2,1-2,4H3;4-9,18H,1-3H3;4-9,18H,1-3H3;5-10,18H,3H2,1-2,4H3;5-8,16H,4H2,1-3H3;4-7,15H,1-3H3,(H,14,16). The van der Waals surface area contributed by atoms with Gasteiger partial charge in [0, 0.05) is 140 Å². The summed E-state index contributed by atoms with van der Waals surface area (Å²) in [6.45, 7) is 48.2. The van der Waals surface area contributed by atoms with Crippen molar-refractivity contribution in [2.24, 2.45) is 9.98 Å². The molecule has 6 aromatic heterocycles. The number of rotatable bonds is 20. The van der Waals surface area contributed by atoms with Crippen molar-refractivity contribution in [2.75, 3.05) is 28.3 Å². The Morgan fingerprint density at radius 2 is 0.741 bits per heavy atom. The third kappa shape index (κ3) is 30.1. The number of pyridine rings is 4. The number of methoxy groups -OCH3 is 1. The molecule has 147 heavy (non-hydrogen) atoms. The number of aromatic nitrogens is 4. The molecule has 0 radical (unpaired) electrons. The number of nitrogens with zero attached hydrogens (tertiary/aromatic N) is 8. The number of phenols is 8. The number of allylic oxidation sites excluding steroid dienone is 2. The summed E-state index contributed by atoms with van der Waals surface area (Å²) >= 11 is 0. The molecule has 0 saturated heterocycles. The van der Waals surface area contributed by atoms with Crippen LogP contribution in [0.1, 0.15) is 268 Å². The van der Waals surface area contributed by atoms with Gasteiger partial charge in [0.05, 0.1) is 31.2 Å². The molecule has 0 fully saturated rings. The zero-order chi connectivity index (χ0) is 109. The number of Topliss-reactive ketones (excluding diaryl/α,β-unsaturated/α-hetero) is 1. The van der Waals surface area contributed by atoms with E-state index in [0.29, 0.717) is 81.7 Å². The molecular weight excluding hydrogens is 1870 g/mol. The van der Waals surface area contributed by atoms with E-state index >= 15 is 0 Å². The summed E-state index contributed by atoms with van der Waals surface area (Å²) in [6, 6.07) is 50.5. The Labute approximate surface area is 856 Å². The molecule has 774 valence electrons. The number of furan rings is 2. The van der Waals surface area contributed by atoms with Gasteiger partial charge in [-0.15, -0.1) is 0 Å². The van der Waals surface area contributed by atoms with Gasteiger partial charge in [0.15, 0.2) is 17.3 Å². The van der Waals surface area contributed by atoms with Crippen LogP contribution in [0, 0.1) is 30.5 Å². The summed E-state index contributed by atoms with van der Waals surface area (Å²) in [4.78, 5) is 65.9. The van der Waals surface area contributed by atoms with Gasteiger partial charge in [-0.2, -0.15) is 13.8 Å². The number of aromatic hydroxyl groups is 8. The van der Waals surface area contributed by atoms with Crippen LogP contribution in [0.5, 0.6) is 51.9 Å². The van der Waals surface area contributed by atoms with Gasteiger partial charge < -0.3 is 78.7 Å². The van der Waals surface area contributed by atoms with E-state index in [-0.39, 0.29) is 133 Å². The quantitative estimate of drug-likeness (QED) is 0.0194. The number of ether oxygens (including phenoxy) is 1. The van der Waals surface area contributed by atoms with Crippen LogP contribution in [0.15, 0.2) is 259 Å². The Morgan fingerprint density at radius 1 is 0.388 bits per heavy atom. The SMILES string of the molecule is C=C1C=C(c2cc(O)c(C(C)C)cc2F)N=CN1C.C=C1C=C(c2ccc(C(C)C)c(O)c2)N=CN1C.CCC(=O)c1cc2cc(O)c(C(C)C)cc2o1.CCn1ccc(-c2cc(O)c(C(C)C)cc2F)cc1=O.CCn1ccc(-c2ccc(C(C)C)c(O)c2)cc1=O.CNC(=O)c1cc2cc(C(C)C)c(O)cc2o1.COc1cc(-c2ccc(C(C)C)c(O)c2)cc(F)n1.Cc1cc(-c2ccc(C(C)C)c(O)c2)cc(F)n1. The van der Waals surface area contributed by atoms with Crippen LogP contribution in [-0.4, -0.2) is 122 Å². The Morgan fingerprint density at radius 3 is 1.18 bits per heavy atom. The molecule has 28 heteroatoms. The highest BCUT2D eigenvalue weighted by Gasteiger charge is 2.23. The zero-order valence-electron chi connectivity index (χ0n) is 88.0. The molecule has 0 atom stereocenters. The Hall–Kier alpha value is -16.0. The van der Waals surface area contributed by atoms with Crippen molar-refractivity contribution in [2.45, 2.75) is 205 Å². The van der Waals surface area contributed by atoms with E-state index in [0.717, 1.165) is 94.6 Å². The lowest BCUT2D eigenvalue weighted by atomic mass is 9.97. The number of likely N-dealkylation sites (N-methyl/N-ethyl adjacent to an activating group) is 2. The highest BCUT2D eigenvalue weighted by molar-refractivity contribution is 5.98. The molecule has 0 unspecified atom stereocenters. The van der Waals surface area contributed by atoms with Gasteiger partial charge in [-0.25, -0.2) is 23.7 Å². The average Bonchev–Trinajstić information content (AvgIpc) is 1.22. The average molecular weight is 2010 g/mol. The second-order valence-electron chi connectivity index (χ2n) is 38.0. The lowest BCUT2D eigenvalue weighted by molar-refractivity contribution is 0.0936. The van der Waals surface area contributed by atoms with Crippen molar-refractivity contribution >= 4 is 57.7 Å². The van der Waals surface area contributed by atoms with E-state index < -0.39 is 17.7 Å². The molecule has 24 nitrogen and oxygen atoms in total. The molecule has 0 spiro atoms. The van der Waals surface area contributed by atoms with E-state index in [4.69, 9.17) is 13.6 Å². The number of ketones is 1.